The van der Waals surface area contributed by atoms with E-state index in [1.807, 2.05) is 41.3 Å². The van der Waals surface area contributed by atoms with Crippen molar-refractivity contribution in [2.45, 2.75) is 18.0 Å². The summed E-state index contributed by atoms with van der Waals surface area (Å²) in [6.45, 7) is 0. The second-order valence-corrected chi connectivity index (χ2v) is 11.1. The highest BCUT2D eigenvalue weighted by Gasteiger charge is 2.71. The molecular weight excluding hydrogens is 560 g/mol. The molecule has 0 amide bonds. The van der Waals surface area contributed by atoms with Gasteiger partial charge in [-0.2, -0.15) is 0 Å². The van der Waals surface area contributed by atoms with Gasteiger partial charge in [-0.1, -0.05) is 72.8 Å². The molecule has 9 nitrogen and oxygen atoms in total. The number of fused-ring (bicyclic) bond motifs is 5. The largest absolute Gasteiger partial charge is 0.493 e. The minimum Gasteiger partial charge on any atom is -0.493 e. The zero-order valence-corrected chi connectivity index (χ0v) is 23.8. The Kier molecular flexibility index (Phi) is 6.21. The number of ether oxygens (including phenoxy) is 2. The van der Waals surface area contributed by atoms with Gasteiger partial charge in [-0.25, -0.2) is 0 Å². The van der Waals surface area contributed by atoms with Gasteiger partial charge in [0.05, 0.1) is 25.2 Å². The number of ketones is 3. The van der Waals surface area contributed by atoms with E-state index in [2.05, 4.69) is 0 Å². The first-order valence-corrected chi connectivity index (χ1v) is 14.1. The molecule has 3 aliphatic rings. The van der Waals surface area contributed by atoms with Crippen LogP contribution < -0.4 is 14.4 Å². The van der Waals surface area contributed by atoms with Crippen LogP contribution in [0.2, 0.25) is 0 Å². The number of hydrogen-bond donors (Lipinski definition) is 0. The molecule has 1 spiro atoms. The van der Waals surface area contributed by atoms with Crippen molar-refractivity contribution in [3.8, 4) is 11.5 Å². The van der Waals surface area contributed by atoms with Crippen molar-refractivity contribution < 1.29 is 28.8 Å². The van der Waals surface area contributed by atoms with Crippen molar-refractivity contribution in [3.05, 3.63) is 135 Å². The fourth-order valence-electron chi connectivity index (χ4n) is 7.28. The third-order valence-corrected chi connectivity index (χ3v) is 9.09. The summed E-state index contributed by atoms with van der Waals surface area (Å²) in [5.74, 6) is -1.37. The maximum absolute atomic E-state index is 14.8. The third-order valence-electron chi connectivity index (χ3n) is 9.09. The molecule has 0 unspecified atom stereocenters. The Bertz CT molecular complexity index is 1890. The molecule has 2 aliphatic heterocycles. The van der Waals surface area contributed by atoms with Gasteiger partial charge in [0.2, 0.25) is 0 Å². The Morgan fingerprint density at radius 2 is 1.52 bits per heavy atom. The molecule has 0 N–H and O–H groups in total. The smallest absolute Gasteiger partial charge is 0.270 e. The maximum Gasteiger partial charge on any atom is 0.270 e. The number of nitro groups is 1. The molecule has 0 bridgehead atoms. The van der Waals surface area contributed by atoms with Crippen LogP contribution in [0, 0.1) is 15.5 Å². The van der Waals surface area contributed by atoms with Crippen molar-refractivity contribution in [3.63, 3.8) is 0 Å². The van der Waals surface area contributed by atoms with Crippen molar-refractivity contribution in [1.29, 1.82) is 0 Å². The lowest BCUT2D eigenvalue weighted by Gasteiger charge is -2.37. The van der Waals surface area contributed by atoms with Crippen LogP contribution in [-0.2, 0) is 0 Å². The lowest BCUT2D eigenvalue weighted by molar-refractivity contribution is -0.384. The van der Waals surface area contributed by atoms with Crippen LogP contribution in [0.5, 0.6) is 11.5 Å². The van der Waals surface area contributed by atoms with Gasteiger partial charge in [-0.15, -0.1) is 0 Å². The fourth-order valence-corrected chi connectivity index (χ4v) is 7.28. The zero-order valence-electron chi connectivity index (χ0n) is 23.8. The summed E-state index contributed by atoms with van der Waals surface area (Å²) < 4.78 is 11.1. The number of hydrogen-bond acceptors (Lipinski definition) is 8. The predicted molar refractivity (Wildman–Crippen MR) is 163 cm³/mol. The molecule has 44 heavy (non-hydrogen) atoms. The van der Waals surface area contributed by atoms with Crippen LogP contribution >= 0.6 is 0 Å². The Morgan fingerprint density at radius 3 is 2.20 bits per heavy atom. The molecule has 0 aromatic heterocycles. The molecule has 1 aliphatic carbocycles. The Labute approximate surface area is 252 Å². The van der Waals surface area contributed by atoms with Gasteiger partial charge in [-0.05, 0) is 29.3 Å². The Balaban J connectivity index is 1.55. The summed E-state index contributed by atoms with van der Waals surface area (Å²) in [4.78, 5) is 57.3. The zero-order chi connectivity index (χ0) is 30.7. The molecule has 7 rings (SSSR count). The minimum absolute atomic E-state index is 0.105. The van der Waals surface area contributed by atoms with E-state index < -0.39 is 34.1 Å². The average molecular weight is 587 g/mol. The number of carbonyl (C=O) groups excluding carboxylic acids is 3. The van der Waals surface area contributed by atoms with Crippen LogP contribution in [0.3, 0.4) is 0 Å². The van der Waals surface area contributed by atoms with Crippen LogP contribution in [0.1, 0.15) is 48.1 Å². The summed E-state index contributed by atoms with van der Waals surface area (Å²) in [6, 6.07) is 23.0. The normalized spacial score (nSPS) is 20.7. The van der Waals surface area contributed by atoms with Gasteiger partial charge < -0.3 is 14.4 Å². The molecule has 4 aromatic rings. The highest BCUT2D eigenvalue weighted by Crippen LogP contribution is 2.61. The van der Waals surface area contributed by atoms with Gasteiger partial charge in [0.1, 0.15) is 11.5 Å². The lowest BCUT2D eigenvalue weighted by atomic mass is 9.64. The van der Waals surface area contributed by atoms with Crippen molar-refractivity contribution in [2.24, 2.45) is 5.41 Å². The topological polar surface area (TPSA) is 116 Å². The molecule has 1 fully saturated rings. The van der Waals surface area contributed by atoms with Gasteiger partial charge in [0, 0.05) is 40.4 Å². The van der Waals surface area contributed by atoms with E-state index in [-0.39, 0.29) is 22.8 Å². The van der Waals surface area contributed by atoms with E-state index in [1.54, 1.807) is 42.5 Å². The average Bonchev–Trinajstić information content (AvgIpc) is 3.50. The number of para-hydroxylation sites is 1. The minimum atomic E-state index is -1.71. The molecule has 2 heterocycles. The Morgan fingerprint density at radius 1 is 0.841 bits per heavy atom. The summed E-state index contributed by atoms with van der Waals surface area (Å²) in [5, 5.41) is 11.7. The van der Waals surface area contributed by atoms with Crippen molar-refractivity contribution in [2.75, 3.05) is 19.1 Å². The van der Waals surface area contributed by atoms with Crippen LogP contribution in [0.25, 0.3) is 6.08 Å². The molecule has 1 saturated heterocycles. The van der Waals surface area contributed by atoms with Crippen molar-refractivity contribution >= 4 is 34.8 Å². The van der Waals surface area contributed by atoms with E-state index in [9.17, 15) is 24.5 Å². The van der Waals surface area contributed by atoms with E-state index >= 15 is 0 Å². The summed E-state index contributed by atoms with van der Waals surface area (Å²) >= 11 is 0. The van der Waals surface area contributed by atoms with Crippen LogP contribution in [0.4, 0.5) is 11.4 Å². The summed E-state index contributed by atoms with van der Waals surface area (Å²) in [7, 11) is 2.99. The second-order valence-electron chi connectivity index (χ2n) is 11.1. The standard InChI is InChI=1S/C35H26N2O7/c1-43-27-16-14-21(19-28(27)44-2)30-31(32(38)22-9-7-10-23(18-22)37(41)42)36-26-13-6-3-8-20(26)15-17-29(36)35(30)33(39)24-11-4-5-12-25(24)34(35)40/h3-19,29-31H,1-2H3/t29-,30+,31+/m1/s1. The van der Waals surface area contributed by atoms with E-state index in [0.717, 1.165) is 5.56 Å². The van der Waals surface area contributed by atoms with Gasteiger partial charge in [-0.3, -0.25) is 24.5 Å². The van der Waals surface area contributed by atoms with E-state index in [0.29, 0.717) is 33.9 Å². The van der Waals surface area contributed by atoms with E-state index in [4.69, 9.17) is 9.47 Å². The number of rotatable bonds is 6. The first kappa shape index (κ1) is 27.3. The van der Waals surface area contributed by atoms with Crippen molar-refractivity contribution in [1.82, 2.24) is 0 Å². The second kappa shape index (κ2) is 10.0. The number of carbonyl (C=O) groups is 3. The fraction of sp³-hybridized carbons (Fsp3) is 0.171. The first-order chi connectivity index (χ1) is 21.3. The highest BCUT2D eigenvalue weighted by molar-refractivity contribution is 6.32. The molecule has 4 aromatic carbocycles. The molecule has 3 atom stereocenters. The number of Topliss-reactive ketones (excluding diaryl/α,β-unsaturated/α-hetero) is 3. The number of non-ortho nitro benzene ring substituents is 1. The van der Waals surface area contributed by atoms with Crippen LogP contribution in [-0.4, -0.2) is 48.6 Å². The quantitative estimate of drug-likeness (QED) is 0.118. The molecular formula is C35H26N2O7. The Hall–Kier alpha value is -5.57. The first-order valence-electron chi connectivity index (χ1n) is 14.1. The third kappa shape index (κ3) is 3.62. The lowest BCUT2D eigenvalue weighted by Crippen LogP contribution is -2.48. The number of nitrogens with zero attached hydrogens (tertiary/aromatic N) is 2. The van der Waals surface area contributed by atoms with Gasteiger partial charge in [0.25, 0.3) is 5.69 Å². The van der Waals surface area contributed by atoms with Gasteiger partial charge >= 0.3 is 0 Å². The van der Waals surface area contributed by atoms with E-state index in [1.165, 1.54) is 38.5 Å². The number of methoxy groups -OCH3 is 2. The monoisotopic (exact) mass is 586 g/mol. The number of nitro benzene ring substituents is 1. The molecule has 9 heteroatoms. The summed E-state index contributed by atoms with van der Waals surface area (Å²) in [6.07, 6.45) is 3.71. The number of benzene rings is 4. The molecule has 218 valence electrons. The highest BCUT2D eigenvalue weighted by atomic mass is 16.6. The predicted octanol–water partition coefficient (Wildman–Crippen LogP) is 5.93. The van der Waals surface area contributed by atoms with Crippen LogP contribution in [0.15, 0.2) is 97.1 Å². The SMILES string of the molecule is COc1ccc([C@H]2[C@@H](C(=O)c3cccc([N+](=O)[O-])c3)N3c4ccccc4C=C[C@@H]3C23C(=O)c2ccccc2C3=O)cc1OC. The molecule has 0 radical (unpaired) electrons. The summed E-state index contributed by atoms with van der Waals surface area (Å²) in [5.41, 5.74) is 0.796. The van der Waals surface area contributed by atoms with Gasteiger partial charge in [0.15, 0.2) is 28.8 Å². The molecule has 0 saturated carbocycles. The maximum atomic E-state index is 14.8. The number of anilines is 1.